The predicted molar refractivity (Wildman–Crippen MR) is 98.4 cm³/mol. The third-order valence-corrected chi connectivity index (χ3v) is 7.05. The lowest BCUT2D eigenvalue weighted by Gasteiger charge is -2.80. The van der Waals surface area contributed by atoms with Crippen LogP contribution in [0.1, 0.15) is 78.1 Å². The van der Waals surface area contributed by atoms with Gasteiger partial charge in [0.15, 0.2) is 0 Å². The maximum Gasteiger partial charge on any atom is 0.133 e. The summed E-state index contributed by atoms with van der Waals surface area (Å²) in [6.45, 7) is 3.48. The molecule has 3 unspecified atom stereocenters. The predicted octanol–water partition coefficient (Wildman–Crippen LogP) is 1.09. The Bertz CT molecular complexity index is 458. The van der Waals surface area contributed by atoms with E-state index in [1.165, 1.54) is 0 Å². The topological polar surface area (TPSA) is 121 Å². The van der Waals surface area contributed by atoms with E-state index >= 15 is 0 Å². The molecule has 0 aliphatic heterocycles. The van der Waals surface area contributed by atoms with Crippen LogP contribution in [0.15, 0.2) is 0 Å². The summed E-state index contributed by atoms with van der Waals surface area (Å²) in [5.74, 6) is -1.54. The lowest BCUT2D eigenvalue weighted by atomic mass is 9.30. The van der Waals surface area contributed by atoms with Crippen molar-refractivity contribution in [2.75, 3.05) is 6.61 Å². The van der Waals surface area contributed by atoms with Crippen molar-refractivity contribution in [2.45, 2.75) is 107 Å². The quantitative estimate of drug-likeness (QED) is 0.285. The molecule has 0 aromatic heterocycles. The van der Waals surface area contributed by atoms with Gasteiger partial charge in [0.25, 0.3) is 0 Å². The van der Waals surface area contributed by atoms with Crippen LogP contribution < -0.4 is 0 Å². The molecule has 2 rings (SSSR count). The van der Waals surface area contributed by atoms with Gasteiger partial charge in [-0.15, -0.1) is 0 Å². The molecule has 2 aliphatic rings. The summed E-state index contributed by atoms with van der Waals surface area (Å²) in [4.78, 5) is 0. The van der Waals surface area contributed by atoms with Crippen LogP contribution in [-0.4, -0.2) is 66.3 Å². The van der Waals surface area contributed by atoms with Crippen molar-refractivity contribution < 1.29 is 30.6 Å². The Morgan fingerprint density at radius 2 is 1.38 bits per heavy atom. The number of hydrogen-bond donors (Lipinski definition) is 6. The van der Waals surface area contributed by atoms with Gasteiger partial charge in [-0.1, -0.05) is 65.2 Å². The van der Waals surface area contributed by atoms with Crippen LogP contribution >= 0.6 is 0 Å². The van der Waals surface area contributed by atoms with Gasteiger partial charge >= 0.3 is 0 Å². The van der Waals surface area contributed by atoms with Crippen LogP contribution in [0.4, 0.5) is 0 Å². The molecule has 0 saturated heterocycles. The van der Waals surface area contributed by atoms with E-state index < -0.39 is 47.5 Å². The minimum atomic E-state index is -1.99. The Kier molecular flexibility index (Phi) is 7.14. The van der Waals surface area contributed by atoms with E-state index in [-0.39, 0.29) is 0 Å². The summed E-state index contributed by atoms with van der Waals surface area (Å²) in [7, 11) is 0. The molecule has 0 bridgehead atoms. The van der Waals surface area contributed by atoms with E-state index in [4.69, 9.17) is 0 Å². The standard InChI is InChI=1S/C20H38O6/c1-3-5-7-9-11-14-17(23)19(25)15(12-10-8-6-4-2)18(24,16(22)13-21)20(14,19)26/h14-17,21-26H,3-13H2,1-2H3/t14?,15?,16-,17?,18-,19+,20+/m1/s1. The molecule has 6 heteroatoms. The van der Waals surface area contributed by atoms with Crippen LogP contribution in [0, 0.1) is 11.8 Å². The summed E-state index contributed by atoms with van der Waals surface area (Å²) >= 11 is 0. The Hall–Kier alpha value is -0.240. The highest BCUT2D eigenvalue weighted by atomic mass is 16.5. The fourth-order valence-electron chi connectivity index (χ4n) is 5.57. The summed E-state index contributed by atoms with van der Waals surface area (Å²) in [5, 5.41) is 63.6. The highest BCUT2D eigenvalue weighted by Gasteiger charge is 2.92. The molecule has 0 aromatic carbocycles. The zero-order valence-electron chi connectivity index (χ0n) is 16.3. The van der Waals surface area contributed by atoms with Gasteiger partial charge in [-0.05, 0) is 12.8 Å². The van der Waals surface area contributed by atoms with Crippen LogP contribution in [0.2, 0.25) is 0 Å². The molecule has 6 nitrogen and oxygen atoms in total. The zero-order valence-corrected chi connectivity index (χ0v) is 16.3. The van der Waals surface area contributed by atoms with Crippen LogP contribution in [-0.2, 0) is 0 Å². The number of rotatable bonds is 12. The van der Waals surface area contributed by atoms with E-state index in [2.05, 4.69) is 13.8 Å². The third-order valence-electron chi connectivity index (χ3n) is 7.05. The lowest BCUT2D eigenvalue weighted by Crippen LogP contribution is -3.01. The van der Waals surface area contributed by atoms with Gasteiger partial charge in [-0.25, -0.2) is 0 Å². The number of fused-ring (bicyclic) bond motifs is 1. The molecule has 0 radical (unpaired) electrons. The number of aliphatic hydroxyl groups excluding tert-OH is 3. The SMILES string of the molecule is CCCCCCC1C(O)[C@@]2(O)C(CCCCCC)[C@@](O)([C@H](O)CO)[C@@]12O. The first-order valence-corrected chi connectivity index (χ1v) is 10.4. The van der Waals surface area contributed by atoms with Gasteiger partial charge in [-0.2, -0.15) is 0 Å². The monoisotopic (exact) mass is 374 g/mol. The summed E-state index contributed by atoms with van der Waals surface area (Å²) in [5.41, 5.74) is -5.76. The van der Waals surface area contributed by atoms with Gasteiger partial charge in [-0.3, -0.25) is 0 Å². The second-order valence-electron chi connectivity index (χ2n) is 8.42. The van der Waals surface area contributed by atoms with Crippen molar-refractivity contribution in [3.05, 3.63) is 0 Å². The largest absolute Gasteiger partial charge is 0.394 e. The fraction of sp³-hybridized carbons (Fsp3) is 1.00. The van der Waals surface area contributed by atoms with Gasteiger partial charge in [0, 0.05) is 11.8 Å². The van der Waals surface area contributed by atoms with Crippen LogP contribution in [0.5, 0.6) is 0 Å². The maximum atomic E-state index is 11.2. The van der Waals surface area contributed by atoms with Gasteiger partial charge in [0.2, 0.25) is 0 Å². The first kappa shape index (κ1) is 22.1. The van der Waals surface area contributed by atoms with Crippen molar-refractivity contribution in [2.24, 2.45) is 11.8 Å². The lowest BCUT2D eigenvalue weighted by molar-refractivity contribution is -0.494. The van der Waals surface area contributed by atoms with Crippen LogP contribution in [0.3, 0.4) is 0 Å². The first-order valence-electron chi connectivity index (χ1n) is 10.4. The summed E-state index contributed by atoms with van der Waals surface area (Å²) in [6, 6.07) is 0. The maximum absolute atomic E-state index is 11.2. The average Bonchev–Trinajstić information content (AvgIpc) is 2.65. The molecule has 7 atom stereocenters. The molecule has 2 saturated carbocycles. The molecule has 2 aliphatic carbocycles. The molecule has 6 N–H and O–H groups in total. The Morgan fingerprint density at radius 1 is 0.846 bits per heavy atom. The second-order valence-corrected chi connectivity index (χ2v) is 8.42. The molecule has 0 heterocycles. The van der Waals surface area contributed by atoms with Gasteiger partial charge in [0.1, 0.15) is 22.9 Å². The number of unbranched alkanes of at least 4 members (excludes halogenated alkanes) is 6. The molecule has 26 heavy (non-hydrogen) atoms. The smallest absolute Gasteiger partial charge is 0.133 e. The van der Waals surface area contributed by atoms with Gasteiger partial charge in [0.05, 0.1) is 12.7 Å². The minimum absolute atomic E-state index is 0.395. The molecule has 0 spiro atoms. The van der Waals surface area contributed by atoms with Gasteiger partial charge < -0.3 is 30.6 Å². The minimum Gasteiger partial charge on any atom is -0.394 e. The average molecular weight is 375 g/mol. The fourth-order valence-corrected chi connectivity index (χ4v) is 5.57. The van der Waals surface area contributed by atoms with Crippen molar-refractivity contribution in [1.29, 1.82) is 0 Å². The molecular weight excluding hydrogens is 336 g/mol. The van der Waals surface area contributed by atoms with Crippen molar-refractivity contribution in [3.63, 3.8) is 0 Å². The summed E-state index contributed by atoms with van der Waals surface area (Å²) in [6.07, 6.45) is 5.78. The van der Waals surface area contributed by atoms with Crippen molar-refractivity contribution in [3.8, 4) is 0 Å². The third kappa shape index (κ3) is 2.85. The first-order chi connectivity index (χ1) is 12.3. The number of aliphatic hydroxyl groups is 6. The highest BCUT2D eigenvalue weighted by Crippen LogP contribution is 2.71. The van der Waals surface area contributed by atoms with E-state index in [9.17, 15) is 30.6 Å². The summed E-state index contributed by atoms with van der Waals surface area (Å²) < 4.78 is 0. The second kappa shape index (κ2) is 8.41. The Balaban J connectivity index is 2.15. The van der Waals surface area contributed by atoms with E-state index in [0.717, 1.165) is 51.4 Å². The molecule has 154 valence electrons. The molecule has 2 fully saturated rings. The van der Waals surface area contributed by atoms with Crippen molar-refractivity contribution >= 4 is 0 Å². The Labute approximate surface area is 156 Å². The highest BCUT2D eigenvalue weighted by molar-refractivity contribution is 5.42. The van der Waals surface area contributed by atoms with Crippen molar-refractivity contribution in [1.82, 2.24) is 0 Å². The molecule has 0 aromatic rings. The van der Waals surface area contributed by atoms with Crippen LogP contribution in [0.25, 0.3) is 0 Å². The zero-order chi connectivity index (χ0) is 19.6. The molecule has 0 amide bonds. The molecular formula is C20H38O6. The Morgan fingerprint density at radius 3 is 1.88 bits per heavy atom. The van der Waals surface area contributed by atoms with E-state index in [0.29, 0.717) is 12.8 Å². The normalized spacial score (nSPS) is 42.7. The number of hydrogen-bond acceptors (Lipinski definition) is 6. The van der Waals surface area contributed by atoms with E-state index in [1.54, 1.807) is 0 Å². The van der Waals surface area contributed by atoms with E-state index in [1.807, 2.05) is 0 Å².